The van der Waals surface area contributed by atoms with Crippen molar-refractivity contribution in [2.24, 2.45) is 0 Å². The van der Waals surface area contributed by atoms with Crippen LogP contribution in [0.3, 0.4) is 0 Å². The fraction of sp³-hybridized carbons (Fsp3) is 0.500. The Bertz CT molecular complexity index is 542. The second-order valence-corrected chi connectivity index (χ2v) is 7.75. The summed E-state index contributed by atoms with van der Waals surface area (Å²) in [6.45, 7) is 1.15. The Balaban J connectivity index is 2.25. The maximum absolute atomic E-state index is 12.4. The first-order valence-corrected chi connectivity index (χ1v) is 9.30. The Morgan fingerprint density at radius 3 is 2.58 bits per heavy atom. The van der Waals surface area contributed by atoms with Crippen LogP contribution in [0.1, 0.15) is 12.8 Å². The molecular formula is C12H15Br2NO3S. The zero-order valence-electron chi connectivity index (χ0n) is 10.2. The average Bonchev–Trinajstić information content (AvgIpc) is 2.39. The largest absolute Gasteiger partial charge is 0.381 e. The van der Waals surface area contributed by atoms with Crippen LogP contribution >= 0.6 is 31.9 Å². The minimum Gasteiger partial charge on any atom is -0.381 e. The van der Waals surface area contributed by atoms with Gasteiger partial charge in [-0.05, 0) is 31.0 Å². The van der Waals surface area contributed by atoms with Crippen molar-refractivity contribution in [2.45, 2.75) is 23.3 Å². The van der Waals surface area contributed by atoms with Crippen molar-refractivity contribution in [3.63, 3.8) is 0 Å². The van der Waals surface area contributed by atoms with Gasteiger partial charge in [0.25, 0.3) is 0 Å². The van der Waals surface area contributed by atoms with Crippen LogP contribution in [0.2, 0.25) is 0 Å². The van der Waals surface area contributed by atoms with Crippen LogP contribution in [-0.4, -0.2) is 32.5 Å². The molecule has 1 aromatic rings. The molecule has 4 nitrogen and oxygen atoms in total. The molecule has 19 heavy (non-hydrogen) atoms. The van der Waals surface area contributed by atoms with Crippen LogP contribution < -0.4 is 4.72 Å². The lowest BCUT2D eigenvalue weighted by Crippen LogP contribution is -2.53. The first-order valence-electron chi connectivity index (χ1n) is 5.91. The van der Waals surface area contributed by atoms with Crippen molar-refractivity contribution in [1.82, 2.24) is 4.72 Å². The molecule has 0 radical (unpaired) electrons. The molecule has 106 valence electrons. The highest BCUT2D eigenvalue weighted by atomic mass is 79.9. The smallest absolute Gasteiger partial charge is 0.241 e. The summed E-state index contributed by atoms with van der Waals surface area (Å²) in [5.74, 6) is 0. The third-order valence-electron chi connectivity index (χ3n) is 3.16. The Hall–Kier alpha value is 0.0500. The fourth-order valence-corrected chi connectivity index (χ4v) is 4.94. The minimum absolute atomic E-state index is 0.272. The second kappa shape index (κ2) is 6.22. The minimum atomic E-state index is -3.52. The van der Waals surface area contributed by atoms with E-state index in [0.29, 0.717) is 31.4 Å². The molecule has 0 unspecified atom stereocenters. The third kappa shape index (κ3) is 3.78. The van der Waals surface area contributed by atoms with Crippen LogP contribution in [0.5, 0.6) is 0 Å². The van der Waals surface area contributed by atoms with Gasteiger partial charge in [0.1, 0.15) is 0 Å². The number of benzene rings is 1. The quantitative estimate of drug-likeness (QED) is 0.773. The topological polar surface area (TPSA) is 55.4 Å². The molecule has 0 amide bonds. The SMILES string of the molecule is O=S(=O)(NC1(CBr)CCOCC1)c1cccc(Br)c1. The summed E-state index contributed by atoms with van der Waals surface area (Å²) in [6.07, 6.45) is 1.34. The highest BCUT2D eigenvalue weighted by molar-refractivity contribution is 9.10. The van der Waals surface area contributed by atoms with Gasteiger partial charge < -0.3 is 4.74 Å². The first kappa shape index (κ1) is 15.4. The molecule has 1 N–H and O–H groups in total. The van der Waals surface area contributed by atoms with Gasteiger partial charge in [0.15, 0.2) is 0 Å². The average molecular weight is 413 g/mol. The maximum Gasteiger partial charge on any atom is 0.241 e. The van der Waals surface area contributed by atoms with Gasteiger partial charge >= 0.3 is 0 Å². The fourth-order valence-electron chi connectivity index (χ4n) is 2.00. The number of sulfonamides is 1. The van der Waals surface area contributed by atoms with Gasteiger partial charge in [-0.1, -0.05) is 37.9 Å². The molecule has 1 aliphatic rings. The van der Waals surface area contributed by atoms with Crippen molar-refractivity contribution < 1.29 is 13.2 Å². The van der Waals surface area contributed by atoms with Crippen LogP contribution in [0.4, 0.5) is 0 Å². The molecular weight excluding hydrogens is 398 g/mol. The Kier molecular flexibility index (Phi) is 5.05. The number of hydrogen-bond donors (Lipinski definition) is 1. The van der Waals surface area contributed by atoms with E-state index in [1.165, 1.54) is 0 Å². The van der Waals surface area contributed by atoms with Gasteiger partial charge in [0.05, 0.1) is 4.90 Å². The molecule has 1 aromatic carbocycles. The van der Waals surface area contributed by atoms with Gasteiger partial charge in [-0.15, -0.1) is 0 Å². The van der Waals surface area contributed by atoms with Crippen molar-refractivity contribution in [3.05, 3.63) is 28.7 Å². The van der Waals surface area contributed by atoms with E-state index in [-0.39, 0.29) is 4.90 Å². The van der Waals surface area contributed by atoms with E-state index >= 15 is 0 Å². The standard InChI is InChI=1S/C12H15Br2NO3S/c13-9-12(4-6-18-7-5-12)15-19(16,17)11-3-1-2-10(14)8-11/h1-3,8,15H,4-7,9H2. The molecule has 0 bridgehead atoms. The van der Waals surface area contributed by atoms with Crippen molar-refractivity contribution >= 4 is 41.9 Å². The summed E-state index contributed by atoms with van der Waals surface area (Å²) >= 11 is 6.70. The molecule has 7 heteroatoms. The third-order valence-corrected chi connectivity index (χ3v) is 6.31. The van der Waals surface area contributed by atoms with Crippen molar-refractivity contribution in [3.8, 4) is 0 Å². The number of ether oxygens (including phenoxy) is 1. The van der Waals surface area contributed by atoms with Gasteiger partial charge in [0.2, 0.25) is 10.0 Å². The van der Waals surface area contributed by atoms with Gasteiger partial charge in [-0.25, -0.2) is 13.1 Å². The highest BCUT2D eigenvalue weighted by Crippen LogP contribution is 2.26. The van der Waals surface area contributed by atoms with E-state index in [0.717, 1.165) is 4.47 Å². The van der Waals surface area contributed by atoms with Crippen molar-refractivity contribution in [2.75, 3.05) is 18.5 Å². The highest BCUT2D eigenvalue weighted by Gasteiger charge is 2.36. The number of halogens is 2. The molecule has 0 atom stereocenters. The summed E-state index contributed by atoms with van der Waals surface area (Å²) in [5, 5.41) is 0.580. The van der Waals surface area contributed by atoms with Crippen LogP contribution in [-0.2, 0) is 14.8 Å². The lowest BCUT2D eigenvalue weighted by atomic mass is 9.94. The molecule has 1 saturated heterocycles. The van der Waals surface area contributed by atoms with E-state index in [9.17, 15) is 8.42 Å². The predicted octanol–water partition coefficient (Wildman–Crippen LogP) is 2.67. The molecule has 0 spiro atoms. The summed E-state index contributed by atoms with van der Waals surface area (Å²) in [5.41, 5.74) is -0.459. The van der Waals surface area contributed by atoms with Crippen LogP contribution in [0, 0.1) is 0 Å². The van der Waals surface area contributed by atoms with Gasteiger partial charge in [-0.3, -0.25) is 0 Å². The lowest BCUT2D eigenvalue weighted by molar-refractivity contribution is 0.0557. The van der Waals surface area contributed by atoms with Crippen LogP contribution in [0.15, 0.2) is 33.6 Å². The van der Waals surface area contributed by atoms with E-state index in [1.54, 1.807) is 24.3 Å². The molecule has 0 aliphatic carbocycles. The molecule has 1 heterocycles. The lowest BCUT2D eigenvalue weighted by Gasteiger charge is -2.36. The molecule has 1 fully saturated rings. The van der Waals surface area contributed by atoms with Gasteiger partial charge in [-0.2, -0.15) is 0 Å². The molecule has 2 rings (SSSR count). The Morgan fingerprint density at radius 1 is 1.32 bits per heavy atom. The molecule has 0 aromatic heterocycles. The number of rotatable bonds is 4. The number of nitrogens with one attached hydrogen (secondary N) is 1. The monoisotopic (exact) mass is 411 g/mol. The summed E-state index contributed by atoms with van der Waals surface area (Å²) in [7, 11) is -3.52. The van der Waals surface area contributed by atoms with Gasteiger partial charge in [0, 0.05) is 28.6 Å². The zero-order chi connectivity index (χ0) is 13.9. The zero-order valence-corrected chi connectivity index (χ0v) is 14.2. The Labute approximate surface area is 130 Å². The second-order valence-electron chi connectivity index (χ2n) is 4.59. The van der Waals surface area contributed by atoms with Crippen LogP contribution in [0.25, 0.3) is 0 Å². The van der Waals surface area contributed by atoms with E-state index in [2.05, 4.69) is 36.6 Å². The predicted molar refractivity (Wildman–Crippen MR) is 81.0 cm³/mol. The summed E-state index contributed by atoms with van der Waals surface area (Å²) in [6, 6.07) is 6.70. The summed E-state index contributed by atoms with van der Waals surface area (Å²) < 4.78 is 33.7. The van der Waals surface area contributed by atoms with E-state index in [1.807, 2.05) is 0 Å². The number of alkyl halides is 1. The number of hydrogen-bond acceptors (Lipinski definition) is 3. The van der Waals surface area contributed by atoms with E-state index < -0.39 is 15.6 Å². The summed E-state index contributed by atoms with van der Waals surface area (Å²) in [4.78, 5) is 0.272. The molecule has 1 aliphatic heterocycles. The van der Waals surface area contributed by atoms with E-state index in [4.69, 9.17) is 4.74 Å². The molecule has 0 saturated carbocycles. The first-order chi connectivity index (χ1) is 8.97. The normalized spacial score (nSPS) is 19.3. The van der Waals surface area contributed by atoms with Crippen molar-refractivity contribution in [1.29, 1.82) is 0 Å². The Morgan fingerprint density at radius 2 is 2.00 bits per heavy atom. The maximum atomic E-state index is 12.4.